The highest BCUT2D eigenvalue weighted by Gasteiger charge is 2.60. The molecule has 0 saturated heterocycles. The number of hydrogen-bond donors (Lipinski definition) is 2. The van der Waals surface area contributed by atoms with Gasteiger partial charge in [0, 0.05) is 16.2 Å². The number of halogens is 1. The number of anilines is 1. The highest BCUT2D eigenvalue weighted by molar-refractivity contribution is 7.80. The fourth-order valence-corrected chi connectivity index (χ4v) is 6.98. The van der Waals surface area contributed by atoms with Crippen molar-refractivity contribution in [2.75, 3.05) is 5.32 Å². The molecule has 1 aromatic carbocycles. The fraction of sp³-hybridized carbons (Fsp3) is 0.632. The Hall–Kier alpha value is -0.800. The first-order valence-corrected chi connectivity index (χ1v) is 9.41. The molecule has 0 heterocycles. The summed E-state index contributed by atoms with van der Waals surface area (Å²) in [6.07, 6.45) is 7.99. The van der Waals surface area contributed by atoms with E-state index in [0.29, 0.717) is 10.8 Å². The number of hydrogen-bond acceptors (Lipinski definition) is 1. The molecule has 0 aromatic heterocycles. The van der Waals surface area contributed by atoms with Crippen LogP contribution in [-0.2, 0) is 0 Å². The maximum atomic E-state index is 5.95. The largest absolute Gasteiger partial charge is 0.357 e. The van der Waals surface area contributed by atoms with Crippen molar-refractivity contribution < 1.29 is 0 Å². The van der Waals surface area contributed by atoms with E-state index < -0.39 is 0 Å². The first kappa shape index (κ1) is 15.7. The molecule has 0 amide bonds. The normalized spacial score (nSPS) is 40.9. The molecule has 4 aliphatic carbocycles. The van der Waals surface area contributed by atoms with Crippen LogP contribution in [0.1, 0.15) is 52.4 Å². The van der Waals surface area contributed by atoms with Crippen LogP contribution in [0.3, 0.4) is 0 Å². The van der Waals surface area contributed by atoms with Gasteiger partial charge in [-0.1, -0.05) is 25.4 Å². The monoisotopic (exact) mass is 348 g/mol. The third-order valence-corrected chi connectivity index (χ3v) is 6.56. The fourth-order valence-electron chi connectivity index (χ4n) is 6.52. The van der Waals surface area contributed by atoms with Gasteiger partial charge in [0.2, 0.25) is 0 Å². The summed E-state index contributed by atoms with van der Waals surface area (Å²) >= 11 is 11.6. The van der Waals surface area contributed by atoms with E-state index in [0.717, 1.165) is 21.7 Å². The van der Waals surface area contributed by atoms with Gasteiger partial charge in [-0.15, -0.1) is 0 Å². The molecule has 4 saturated carbocycles. The topological polar surface area (TPSA) is 24.1 Å². The van der Waals surface area contributed by atoms with Crippen molar-refractivity contribution in [1.29, 1.82) is 0 Å². The first-order chi connectivity index (χ1) is 10.8. The minimum Gasteiger partial charge on any atom is -0.357 e. The maximum absolute atomic E-state index is 5.95. The van der Waals surface area contributed by atoms with Crippen molar-refractivity contribution in [1.82, 2.24) is 5.32 Å². The summed E-state index contributed by atoms with van der Waals surface area (Å²) in [6, 6.07) is 7.72. The molecule has 4 bridgehead atoms. The van der Waals surface area contributed by atoms with E-state index in [1.807, 2.05) is 24.3 Å². The standard InChI is InChI=1S/C19H25ClN2S/c1-17-7-13-8-18(2,10-17)12-19(9-13,11-17)22-16(23)21-15-5-3-14(20)4-6-15/h3-6,13H,7-12H2,1-2H3,(H2,21,22,23). The highest BCUT2D eigenvalue weighted by Crippen LogP contribution is 2.66. The highest BCUT2D eigenvalue weighted by atomic mass is 35.5. The molecule has 0 aliphatic heterocycles. The molecule has 0 radical (unpaired) electrons. The molecule has 2 nitrogen and oxygen atoms in total. The second-order valence-corrected chi connectivity index (χ2v) is 9.84. The Bertz CT molecular complexity index is 623. The average molecular weight is 349 g/mol. The molecular formula is C19H25ClN2S. The number of benzene rings is 1. The molecule has 0 spiro atoms. The zero-order chi connectivity index (χ0) is 16.3. The van der Waals surface area contributed by atoms with Crippen LogP contribution >= 0.6 is 23.8 Å². The van der Waals surface area contributed by atoms with Crippen molar-refractivity contribution in [3.63, 3.8) is 0 Å². The molecule has 4 fully saturated rings. The van der Waals surface area contributed by atoms with Crippen molar-refractivity contribution in [2.24, 2.45) is 16.7 Å². The second kappa shape index (κ2) is 5.10. The Morgan fingerprint density at radius 1 is 1.04 bits per heavy atom. The Morgan fingerprint density at radius 2 is 1.65 bits per heavy atom. The molecule has 2 N–H and O–H groups in total. The van der Waals surface area contributed by atoms with E-state index in [-0.39, 0.29) is 5.54 Å². The number of thiocarbonyl (C=S) groups is 1. The molecule has 4 heteroatoms. The van der Waals surface area contributed by atoms with Crippen LogP contribution in [0.25, 0.3) is 0 Å². The lowest BCUT2D eigenvalue weighted by atomic mass is 9.43. The predicted molar refractivity (Wildman–Crippen MR) is 101 cm³/mol. The van der Waals surface area contributed by atoms with Crippen LogP contribution in [0.15, 0.2) is 24.3 Å². The van der Waals surface area contributed by atoms with E-state index in [1.165, 1.54) is 38.5 Å². The molecule has 2 unspecified atom stereocenters. The summed E-state index contributed by atoms with van der Waals surface area (Å²) in [5, 5.41) is 8.55. The van der Waals surface area contributed by atoms with Crippen LogP contribution in [0.4, 0.5) is 5.69 Å². The second-order valence-electron chi connectivity index (χ2n) is 9.00. The smallest absolute Gasteiger partial charge is 0.171 e. The molecule has 5 rings (SSSR count). The van der Waals surface area contributed by atoms with Crippen LogP contribution in [0.5, 0.6) is 0 Å². The zero-order valence-corrected chi connectivity index (χ0v) is 15.5. The summed E-state index contributed by atoms with van der Waals surface area (Å²) in [6.45, 7) is 4.98. The molecule has 1 aromatic rings. The van der Waals surface area contributed by atoms with Crippen molar-refractivity contribution in [3.8, 4) is 0 Å². The Morgan fingerprint density at radius 3 is 2.22 bits per heavy atom. The van der Waals surface area contributed by atoms with Crippen molar-refractivity contribution >= 4 is 34.6 Å². The van der Waals surface area contributed by atoms with E-state index in [2.05, 4.69) is 24.5 Å². The molecule has 124 valence electrons. The van der Waals surface area contributed by atoms with E-state index in [1.54, 1.807) is 0 Å². The maximum Gasteiger partial charge on any atom is 0.171 e. The zero-order valence-electron chi connectivity index (χ0n) is 13.9. The molecular weight excluding hydrogens is 324 g/mol. The lowest BCUT2D eigenvalue weighted by molar-refractivity contribution is -0.111. The predicted octanol–water partition coefficient (Wildman–Crippen LogP) is 5.38. The van der Waals surface area contributed by atoms with Crippen LogP contribution < -0.4 is 10.6 Å². The van der Waals surface area contributed by atoms with Crippen molar-refractivity contribution in [2.45, 2.75) is 57.9 Å². The lowest BCUT2D eigenvalue weighted by Crippen LogP contribution is -2.65. The minimum absolute atomic E-state index is 0.194. The summed E-state index contributed by atoms with van der Waals surface area (Å²) in [5.74, 6) is 0.868. The minimum atomic E-state index is 0.194. The number of rotatable bonds is 2. The summed E-state index contributed by atoms with van der Waals surface area (Å²) in [4.78, 5) is 0. The van der Waals surface area contributed by atoms with Gasteiger partial charge in [-0.05, 0) is 91.8 Å². The quantitative estimate of drug-likeness (QED) is 0.702. The van der Waals surface area contributed by atoms with Gasteiger partial charge in [0.05, 0.1) is 0 Å². The van der Waals surface area contributed by atoms with Crippen LogP contribution in [0, 0.1) is 16.7 Å². The van der Waals surface area contributed by atoms with Gasteiger partial charge < -0.3 is 10.6 Å². The van der Waals surface area contributed by atoms with Gasteiger partial charge >= 0.3 is 0 Å². The summed E-state index contributed by atoms with van der Waals surface area (Å²) in [7, 11) is 0. The van der Waals surface area contributed by atoms with Gasteiger partial charge in [-0.25, -0.2) is 0 Å². The third-order valence-electron chi connectivity index (χ3n) is 6.11. The molecule has 4 aliphatic rings. The van der Waals surface area contributed by atoms with Gasteiger partial charge in [0.15, 0.2) is 5.11 Å². The third kappa shape index (κ3) is 2.98. The van der Waals surface area contributed by atoms with E-state index in [4.69, 9.17) is 23.8 Å². The summed E-state index contributed by atoms with van der Waals surface area (Å²) < 4.78 is 0. The molecule has 2 atom stereocenters. The van der Waals surface area contributed by atoms with Gasteiger partial charge in [-0.2, -0.15) is 0 Å². The van der Waals surface area contributed by atoms with Crippen LogP contribution in [0.2, 0.25) is 5.02 Å². The Labute approximate surface area is 149 Å². The molecule has 23 heavy (non-hydrogen) atoms. The van der Waals surface area contributed by atoms with E-state index >= 15 is 0 Å². The van der Waals surface area contributed by atoms with Crippen LogP contribution in [-0.4, -0.2) is 10.7 Å². The van der Waals surface area contributed by atoms with Gasteiger partial charge in [0.25, 0.3) is 0 Å². The van der Waals surface area contributed by atoms with E-state index in [9.17, 15) is 0 Å². The average Bonchev–Trinajstić information content (AvgIpc) is 2.36. The SMILES string of the molecule is CC12CC3CC(C)(C1)CC(NC(=S)Nc1ccc(Cl)cc1)(C3)C2. The lowest BCUT2D eigenvalue weighted by Gasteiger charge is -2.65. The van der Waals surface area contributed by atoms with Gasteiger partial charge in [0.1, 0.15) is 0 Å². The summed E-state index contributed by atoms with van der Waals surface area (Å²) in [5.41, 5.74) is 2.18. The number of nitrogens with one attached hydrogen (secondary N) is 2. The first-order valence-electron chi connectivity index (χ1n) is 8.62. The van der Waals surface area contributed by atoms with Gasteiger partial charge in [-0.3, -0.25) is 0 Å². The van der Waals surface area contributed by atoms with Crippen molar-refractivity contribution in [3.05, 3.63) is 29.3 Å². The Kier molecular flexibility index (Phi) is 3.48. The Balaban J connectivity index is 1.49.